The van der Waals surface area contributed by atoms with Gasteiger partial charge < -0.3 is 10.5 Å². The van der Waals surface area contributed by atoms with Gasteiger partial charge in [-0.15, -0.1) is 0 Å². The second-order valence-electron chi connectivity index (χ2n) is 5.35. The summed E-state index contributed by atoms with van der Waals surface area (Å²) in [5, 5.41) is 0. The molecule has 1 aliphatic carbocycles. The van der Waals surface area contributed by atoms with E-state index in [1.165, 1.54) is 6.07 Å². The Morgan fingerprint density at radius 2 is 2.11 bits per heavy atom. The van der Waals surface area contributed by atoms with Crippen molar-refractivity contribution >= 4 is 0 Å². The van der Waals surface area contributed by atoms with E-state index < -0.39 is 5.82 Å². The first-order valence-electron chi connectivity index (χ1n) is 6.89. The summed E-state index contributed by atoms with van der Waals surface area (Å²) < 4.78 is 32.0. The Labute approximate surface area is 112 Å². The number of halogens is 2. The third-order valence-corrected chi connectivity index (χ3v) is 3.72. The molecule has 19 heavy (non-hydrogen) atoms. The molecule has 1 aromatic rings. The van der Waals surface area contributed by atoms with E-state index in [9.17, 15) is 8.78 Å². The van der Waals surface area contributed by atoms with E-state index in [-0.39, 0.29) is 11.9 Å². The van der Waals surface area contributed by atoms with Gasteiger partial charge in [-0.2, -0.15) is 0 Å². The molecule has 1 atom stereocenters. The fourth-order valence-electron chi connectivity index (χ4n) is 2.73. The molecule has 0 spiro atoms. The summed E-state index contributed by atoms with van der Waals surface area (Å²) in [6, 6.07) is 3.40. The normalized spacial score (nSPS) is 24.0. The first-order valence-corrected chi connectivity index (χ1v) is 6.89. The van der Waals surface area contributed by atoms with Gasteiger partial charge in [-0.1, -0.05) is 0 Å². The van der Waals surface area contributed by atoms with Crippen molar-refractivity contribution in [2.75, 3.05) is 6.61 Å². The van der Waals surface area contributed by atoms with E-state index in [4.69, 9.17) is 10.5 Å². The number of benzene rings is 1. The van der Waals surface area contributed by atoms with Crippen LogP contribution in [0.25, 0.3) is 0 Å². The van der Waals surface area contributed by atoms with Crippen LogP contribution in [0, 0.1) is 17.6 Å². The summed E-state index contributed by atoms with van der Waals surface area (Å²) in [6.45, 7) is 2.74. The van der Waals surface area contributed by atoms with Gasteiger partial charge in [-0.3, -0.25) is 0 Å². The lowest BCUT2D eigenvalue weighted by atomic mass is 9.77. The lowest BCUT2D eigenvalue weighted by Crippen LogP contribution is -2.36. The Kier molecular flexibility index (Phi) is 4.88. The summed E-state index contributed by atoms with van der Waals surface area (Å²) in [5.74, 6) is -0.232. The van der Waals surface area contributed by atoms with Crippen LogP contribution in [0.15, 0.2) is 18.2 Å². The molecule has 2 nitrogen and oxygen atoms in total. The number of nitrogens with two attached hydrogens (primary N) is 1. The molecule has 0 radical (unpaired) electrons. The first-order chi connectivity index (χ1) is 9.08. The highest BCUT2D eigenvalue weighted by molar-refractivity contribution is 5.19. The zero-order valence-electron chi connectivity index (χ0n) is 11.2. The highest BCUT2D eigenvalue weighted by Crippen LogP contribution is 2.33. The lowest BCUT2D eigenvalue weighted by Gasteiger charge is -2.36. The van der Waals surface area contributed by atoms with Gasteiger partial charge in [0.05, 0.1) is 6.10 Å². The lowest BCUT2D eigenvalue weighted by molar-refractivity contribution is -0.0281. The van der Waals surface area contributed by atoms with Crippen molar-refractivity contribution < 1.29 is 13.5 Å². The maximum Gasteiger partial charge on any atom is 0.126 e. The van der Waals surface area contributed by atoms with Gasteiger partial charge in [0.15, 0.2) is 0 Å². The van der Waals surface area contributed by atoms with Crippen molar-refractivity contribution in [2.45, 2.75) is 44.8 Å². The Balaban J connectivity index is 1.79. The maximum atomic E-state index is 13.5. The number of rotatable bonds is 6. The third kappa shape index (κ3) is 3.98. The maximum absolute atomic E-state index is 13.5. The van der Waals surface area contributed by atoms with Crippen molar-refractivity contribution in [1.29, 1.82) is 0 Å². The molecule has 0 amide bonds. The molecule has 0 bridgehead atoms. The zero-order valence-corrected chi connectivity index (χ0v) is 11.2. The standard InChI is InChI=1S/C15H21F2NO/c1-2-19-14-6-10(7-14)5-13(18)9-11-8-12(16)3-4-15(11)17/h3-4,8,10,13-14H,2,5-7,9,18H2,1H3. The fraction of sp³-hybridized carbons (Fsp3) is 0.600. The molecule has 0 heterocycles. The molecule has 1 aromatic carbocycles. The van der Waals surface area contributed by atoms with E-state index >= 15 is 0 Å². The quantitative estimate of drug-likeness (QED) is 0.861. The van der Waals surface area contributed by atoms with Gasteiger partial charge in [-0.25, -0.2) is 8.78 Å². The van der Waals surface area contributed by atoms with Crippen LogP contribution in [0.5, 0.6) is 0 Å². The van der Waals surface area contributed by atoms with Gasteiger partial charge in [0.25, 0.3) is 0 Å². The second kappa shape index (κ2) is 6.44. The molecule has 2 rings (SSSR count). The molecule has 4 heteroatoms. The van der Waals surface area contributed by atoms with Crippen molar-refractivity contribution in [3.63, 3.8) is 0 Å². The van der Waals surface area contributed by atoms with Gasteiger partial charge in [0, 0.05) is 12.6 Å². The SMILES string of the molecule is CCOC1CC(CC(N)Cc2cc(F)ccc2F)C1. The van der Waals surface area contributed by atoms with Crippen molar-refractivity contribution in [1.82, 2.24) is 0 Å². The summed E-state index contributed by atoms with van der Waals surface area (Å²) in [5.41, 5.74) is 6.39. The van der Waals surface area contributed by atoms with E-state index in [1.807, 2.05) is 6.92 Å². The Morgan fingerprint density at radius 3 is 2.79 bits per heavy atom. The molecule has 0 saturated heterocycles. The van der Waals surface area contributed by atoms with Crippen LogP contribution < -0.4 is 5.73 Å². The summed E-state index contributed by atoms with van der Waals surface area (Å²) in [7, 11) is 0. The number of ether oxygens (including phenoxy) is 1. The highest BCUT2D eigenvalue weighted by atomic mass is 19.1. The average Bonchev–Trinajstić information content (AvgIpc) is 2.31. The smallest absolute Gasteiger partial charge is 0.126 e. The molecule has 1 unspecified atom stereocenters. The molecule has 1 aliphatic rings. The molecule has 0 aromatic heterocycles. The third-order valence-electron chi connectivity index (χ3n) is 3.72. The van der Waals surface area contributed by atoms with Crippen molar-refractivity contribution in [3.05, 3.63) is 35.4 Å². The topological polar surface area (TPSA) is 35.2 Å². The predicted octanol–water partition coefficient (Wildman–Crippen LogP) is 3.04. The van der Waals surface area contributed by atoms with E-state index in [1.54, 1.807) is 0 Å². The minimum Gasteiger partial charge on any atom is -0.378 e. The minimum absolute atomic E-state index is 0.121. The number of hydrogen-bond acceptors (Lipinski definition) is 2. The van der Waals surface area contributed by atoms with Gasteiger partial charge in [0.1, 0.15) is 11.6 Å². The first kappa shape index (κ1) is 14.4. The van der Waals surface area contributed by atoms with Gasteiger partial charge in [-0.05, 0) is 62.3 Å². The Hall–Kier alpha value is -1.00. The molecular weight excluding hydrogens is 248 g/mol. The molecule has 106 valence electrons. The minimum atomic E-state index is -0.413. The summed E-state index contributed by atoms with van der Waals surface area (Å²) in [4.78, 5) is 0. The second-order valence-corrected chi connectivity index (χ2v) is 5.35. The van der Waals surface area contributed by atoms with Gasteiger partial charge >= 0.3 is 0 Å². The molecular formula is C15H21F2NO. The molecule has 2 N–H and O–H groups in total. The summed E-state index contributed by atoms with van der Waals surface area (Å²) in [6.07, 6.45) is 3.67. The zero-order chi connectivity index (χ0) is 13.8. The molecule has 1 saturated carbocycles. The van der Waals surface area contributed by atoms with Crippen LogP contribution in [0.3, 0.4) is 0 Å². The van der Waals surface area contributed by atoms with Crippen LogP contribution in [0.1, 0.15) is 31.7 Å². The summed E-state index contributed by atoms with van der Waals surface area (Å²) >= 11 is 0. The highest BCUT2D eigenvalue weighted by Gasteiger charge is 2.30. The van der Waals surface area contributed by atoms with Crippen LogP contribution in [0.4, 0.5) is 8.78 Å². The van der Waals surface area contributed by atoms with Crippen molar-refractivity contribution in [3.8, 4) is 0 Å². The van der Waals surface area contributed by atoms with Gasteiger partial charge in [0.2, 0.25) is 0 Å². The largest absolute Gasteiger partial charge is 0.378 e. The van der Waals surface area contributed by atoms with E-state index in [2.05, 4.69) is 0 Å². The predicted molar refractivity (Wildman–Crippen MR) is 70.8 cm³/mol. The van der Waals surface area contributed by atoms with Crippen LogP contribution in [-0.2, 0) is 11.2 Å². The monoisotopic (exact) mass is 269 g/mol. The Bertz CT molecular complexity index is 419. The van der Waals surface area contributed by atoms with E-state index in [0.717, 1.165) is 38.0 Å². The Morgan fingerprint density at radius 1 is 1.37 bits per heavy atom. The van der Waals surface area contributed by atoms with E-state index in [0.29, 0.717) is 24.0 Å². The van der Waals surface area contributed by atoms with Crippen LogP contribution in [-0.4, -0.2) is 18.8 Å². The van der Waals surface area contributed by atoms with Crippen LogP contribution in [0.2, 0.25) is 0 Å². The number of hydrogen-bond donors (Lipinski definition) is 1. The molecule has 0 aliphatic heterocycles. The molecule has 1 fully saturated rings. The fourth-order valence-corrected chi connectivity index (χ4v) is 2.73. The average molecular weight is 269 g/mol. The van der Waals surface area contributed by atoms with Crippen molar-refractivity contribution in [2.24, 2.45) is 11.7 Å². The van der Waals surface area contributed by atoms with Crippen LogP contribution >= 0.6 is 0 Å².